The lowest BCUT2D eigenvalue weighted by Gasteiger charge is -2.16. The van der Waals surface area contributed by atoms with Gasteiger partial charge in [-0.1, -0.05) is 188 Å². The van der Waals surface area contributed by atoms with Crippen molar-refractivity contribution in [3.63, 3.8) is 0 Å². The Morgan fingerprint density at radius 3 is 1.39 bits per heavy atom. The highest BCUT2D eigenvalue weighted by Crippen LogP contribution is 2.45. The Labute approximate surface area is 356 Å². The summed E-state index contributed by atoms with van der Waals surface area (Å²) in [5.74, 6) is 1.80. The summed E-state index contributed by atoms with van der Waals surface area (Å²) in [7, 11) is 0. The number of hydrogen-bond donors (Lipinski definition) is 0. The first kappa shape index (κ1) is 34.5. The summed E-state index contributed by atoms with van der Waals surface area (Å²) in [5.41, 5.74) is 9.64. The largest absolute Gasteiger partial charge is 0.309 e. The molecule has 0 aliphatic heterocycles. The fourth-order valence-electron chi connectivity index (χ4n) is 9.85. The zero-order valence-corrected chi connectivity index (χ0v) is 33.4. The highest BCUT2D eigenvalue weighted by atomic mass is 15.2. The maximum absolute atomic E-state index is 5.36. The zero-order chi connectivity index (χ0) is 40.7. The SMILES string of the molecule is c1ccc(-c2ccc(-c3nc(-c4ccccc4)nc(-n4c5ccccc5c5ccc6c(c7ccccc7n6-c6cccc7c8ccccc8c8ccccc8c67)c54)n3)cc2)cc1. The van der Waals surface area contributed by atoms with Crippen molar-refractivity contribution in [2.45, 2.75) is 0 Å². The van der Waals surface area contributed by atoms with Gasteiger partial charge in [-0.2, -0.15) is 9.97 Å². The zero-order valence-electron chi connectivity index (χ0n) is 33.4. The van der Waals surface area contributed by atoms with Gasteiger partial charge in [0.1, 0.15) is 0 Å². The van der Waals surface area contributed by atoms with E-state index in [2.05, 4.69) is 197 Å². The molecule has 3 aromatic heterocycles. The van der Waals surface area contributed by atoms with Gasteiger partial charge in [-0.3, -0.25) is 4.57 Å². The number of benzene rings is 10. The average molecular weight is 790 g/mol. The monoisotopic (exact) mass is 789 g/mol. The van der Waals surface area contributed by atoms with Crippen LogP contribution >= 0.6 is 0 Å². The highest BCUT2D eigenvalue weighted by Gasteiger charge is 2.24. The summed E-state index contributed by atoms with van der Waals surface area (Å²) in [6.07, 6.45) is 0. The van der Waals surface area contributed by atoms with Gasteiger partial charge in [-0.25, -0.2) is 4.98 Å². The van der Waals surface area contributed by atoms with Crippen LogP contribution in [0.2, 0.25) is 0 Å². The Bertz CT molecular complexity index is 3860. The van der Waals surface area contributed by atoms with Crippen molar-refractivity contribution in [3.8, 4) is 45.5 Å². The van der Waals surface area contributed by atoms with E-state index >= 15 is 0 Å². The first-order chi connectivity index (χ1) is 30.8. The van der Waals surface area contributed by atoms with Gasteiger partial charge < -0.3 is 4.57 Å². The number of nitrogens with zero attached hydrogens (tertiary/aromatic N) is 5. The minimum absolute atomic E-state index is 0.569. The van der Waals surface area contributed by atoms with Crippen molar-refractivity contribution < 1.29 is 0 Å². The molecule has 0 spiro atoms. The minimum Gasteiger partial charge on any atom is -0.309 e. The van der Waals surface area contributed by atoms with Crippen LogP contribution in [-0.4, -0.2) is 24.1 Å². The van der Waals surface area contributed by atoms with E-state index < -0.39 is 0 Å². The standard InChI is InChI=1S/C57H35N5/c1-3-16-36(17-4-1)37-30-32-39(33-31-37)56-58-55(38-18-5-2-6-19-38)59-57(60-56)62-48-27-13-11-23-43(48)46-34-35-51-53(54(46)62)47-25-12-14-28-49(47)61(51)50-29-15-26-45-42-21-8-7-20-40(42)41-22-9-10-24-44(41)52(45)50/h1-35H. The Balaban J connectivity index is 1.13. The molecule has 0 bridgehead atoms. The van der Waals surface area contributed by atoms with Crippen LogP contribution in [0.25, 0.3) is 121 Å². The van der Waals surface area contributed by atoms with E-state index in [1.165, 1.54) is 37.9 Å². The van der Waals surface area contributed by atoms with Crippen molar-refractivity contribution in [2.75, 3.05) is 0 Å². The number of para-hydroxylation sites is 2. The predicted octanol–water partition coefficient (Wildman–Crippen LogP) is 14.5. The molecule has 0 saturated carbocycles. The number of aromatic nitrogens is 5. The number of hydrogen-bond acceptors (Lipinski definition) is 3. The lowest BCUT2D eigenvalue weighted by Crippen LogP contribution is -2.06. The molecule has 0 amide bonds. The molecule has 0 N–H and O–H groups in total. The summed E-state index contributed by atoms with van der Waals surface area (Å²) in [4.78, 5) is 15.8. The van der Waals surface area contributed by atoms with Crippen LogP contribution in [-0.2, 0) is 0 Å². The third-order valence-electron chi connectivity index (χ3n) is 12.6. The van der Waals surface area contributed by atoms with Crippen molar-refractivity contribution in [2.24, 2.45) is 0 Å². The first-order valence-electron chi connectivity index (χ1n) is 21.0. The summed E-state index contributed by atoms with van der Waals surface area (Å²) >= 11 is 0. The maximum atomic E-state index is 5.36. The second-order valence-electron chi connectivity index (χ2n) is 15.9. The van der Waals surface area contributed by atoms with Crippen LogP contribution in [0.15, 0.2) is 212 Å². The van der Waals surface area contributed by atoms with Crippen LogP contribution in [0, 0.1) is 0 Å². The quantitative estimate of drug-likeness (QED) is 0.163. The van der Waals surface area contributed by atoms with E-state index in [0.29, 0.717) is 17.6 Å². The Morgan fingerprint density at radius 2 is 0.726 bits per heavy atom. The molecule has 10 aromatic carbocycles. The molecule has 0 unspecified atom stereocenters. The van der Waals surface area contributed by atoms with Gasteiger partial charge in [0.25, 0.3) is 0 Å². The summed E-state index contributed by atoms with van der Waals surface area (Å²) in [5, 5.41) is 12.1. The van der Waals surface area contributed by atoms with Gasteiger partial charge in [0, 0.05) is 38.1 Å². The van der Waals surface area contributed by atoms with Gasteiger partial charge in [0.2, 0.25) is 5.95 Å². The summed E-state index contributed by atoms with van der Waals surface area (Å²) in [6, 6.07) is 75.6. The molecule has 0 fully saturated rings. The molecule has 0 aliphatic rings. The van der Waals surface area contributed by atoms with Crippen LogP contribution in [0.4, 0.5) is 0 Å². The van der Waals surface area contributed by atoms with E-state index in [1.807, 2.05) is 24.3 Å². The van der Waals surface area contributed by atoms with Crippen molar-refractivity contribution >= 4 is 75.9 Å². The van der Waals surface area contributed by atoms with Gasteiger partial charge in [-0.05, 0) is 62.3 Å². The van der Waals surface area contributed by atoms with Crippen LogP contribution in [0.3, 0.4) is 0 Å². The molecule has 13 aromatic rings. The molecule has 0 saturated heterocycles. The molecule has 5 heteroatoms. The average Bonchev–Trinajstić information content (AvgIpc) is 3.87. The van der Waals surface area contributed by atoms with Gasteiger partial charge in [0.05, 0.1) is 27.8 Å². The molecular formula is C57H35N5. The second kappa shape index (κ2) is 13.6. The Kier molecular flexibility index (Phi) is 7.54. The van der Waals surface area contributed by atoms with Gasteiger partial charge in [0.15, 0.2) is 11.6 Å². The van der Waals surface area contributed by atoms with Gasteiger partial charge >= 0.3 is 0 Å². The van der Waals surface area contributed by atoms with Crippen molar-refractivity contribution in [1.29, 1.82) is 0 Å². The topological polar surface area (TPSA) is 48.5 Å². The lowest BCUT2D eigenvalue weighted by molar-refractivity contribution is 0.955. The third kappa shape index (κ3) is 5.12. The number of fused-ring (bicyclic) bond motifs is 13. The molecule has 62 heavy (non-hydrogen) atoms. The Morgan fingerprint density at radius 1 is 0.258 bits per heavy atom. The second-order valence-corrected chi connectivity index (χ2v) is 15.9. The van der Waals surface area contributed by atoms with Crippen molar-refractivity contribution in [1.82, 2.24) is 24.1 Å². The van der Waals surface area contributed by atoms with Gasteiger partial charge in [-0.15, -0.1) is 0 Å². The van der Waals surface area contributed by atoms with Crippen LogP contribution in [0.1, 0.15) is 0 Å². The summed E-state index contributed by atoms with van der Waals surface area (Å²) in [6.45, 7) is 0. The molecule has 0 atom stereocenters. The van der Waals surface area contributed by atoms with Crippen molar-refractivity contribution in [3.05, 3.63) is 212 Å². The fraction of sp³-hybridized carbons (Fsp3) is 0. The minimum atomic E-state index is 0.569. The molecule has 13 rings (SSSR count). The molecule has 5 nitrogen and oxygen atoms in total. The van der Waals surface area contributed by atoms with E-state index in [4.69, 9.17) is 15.0 Å². The normalized spacial score (nSPS) is 11.9. The molecule has 288 valence electrons. The molecule has 0 aliphatic carbocycles. The van der Waals surface area contributed by atoms with E-state index in [1.54, 1.807) is 0 Å². The van der Waals surface area contributed by atoms with E-state index in [9.17, 15) is 0 Å². The smallest absolute Gasteiger partial charge is 0.238 e. The van der Waals surface area contributed by atoms with E-state index in [-0.39, 0.29) is 0 Å². The summed E-state index contributed by atoms with van der Waals surface area (Å²) < 4.78 is 4.74. The first-order valence-corrected chi connectivity index (χ1v) is 21.0. The fourth-order valence-corrected chi connectivity index (χ4v) is 9.85. The third-order valence-corrected chi connectivity index (χ3v) is 12.6. The molecular weight excluding hydrogens is 755 g/mol. The molecule has 3 heterocycles. The number of rotatable bonds is 5. The molecule has 0 radical (unpaired) electrons. The predicted molar refractivity (Wildman–Crippen MR) is 257 cm³/mol. The Hall–Kier alpha value is -8.41. The van der Waals surface area contributed by atoms with Crippen LogP contribution < -0.4 is 0 Å². The maximum Gasteiger partial charge on any atom is 0.238 e. The van der Waals surface area contributed by atoms with E-state index in [0.717, 1.165) is 66.0 Å². The van der Waals surface area contributed by atoms with Crippen LogP contribution in [0.5, 0.6) is 0 Å². The highest BCUT2D eigenvalue weighted by molar-refractivity contribution is 6.29. The lowest BCUT2D eigenvalue weighted by atomic mass is 9.93.